The lowest BCUT2D eigenvalue weighted by Gasteiger charge is -2.24. The average molecular weight is 287 g/mol. The van der Waals surface area contributed by atoms with Crippen LogP contribution in [0.5, 0.6) is 0 Å². The first-order chi connectivity index (χ1) is 9.06. The second-order valence-corrected chi connectivity index (χ2v) is 5.65. The van der Waals surface area contributed by atoms with Crippen molar-refractivity contribution in [2.24, 2.45) is 0 Å². The molecule has 0 saturated heterocycles. The van der Waals surface area contributed by atoms with Gasteiger partial charge >= 0.3 is 5.97 Å². The third-order valence-electron chi connectivity index (χ3n) is 2.38. The topological polar surface area (TPSA) is 96.5 Å². The zero-order valence-electron chi connectivity index (χ0n) is 13.0. The summed E-state index contributed by atoms with van der Waals surface area (Å²) in [5, 5.41) is 8.19. The largest absolute Gasteiger partial charge is 0.467 e. The minimum Gasteiger partial charge on any atom is -0.467 e. The summed E-state index contributed by atoms with van der Waals surface area (Å²) in [5.74, 6) is -1.07. The molecular weight excluding hydrogens is 262 g/mol. The molecule has 0 spiro atoms. The number of methoxy groups -OCH3 is 1. The van der Waals surface area contributed by atoms with Gasteiger partial charge in [0.25, 0.3) is 0 Å². The van der Waals surface area contributed by atoms with Gasteiger partial charge in [0.05, 0.1) is 13.2 Å². The summed E-state index contributed by atoms with van der Waals surface area (Å²) in [7, 11) is 1.24. The van der Waals surface area contributed by atoms with E-state index in [1.54, 1.807) is 6.92 Å². The summed E-state index contributed by atoms with van der Waals surface area (Å²) in [6.45, 7) is 8.75. The van der Waals surface area contributed by atoms with Crippen LogP contribution in [0.4, 0.5) is 0 Å². The van der Waals surface area contributed by atoms with Gasteiger partial charge in [-0.15, -0.1) is 0 Å². The first-order valence-corrected chi connectivity index (χ1v) is 6.47. The monoisotopic (exact) mass is 287 g/mol. The van der Waals surface area contributed by atoms with E-state index in [0.717, 1.165) is 0 Å². The van der Waals surface area contributed by atoms with Crippen LogP contribution < -0.4 is 16.0 Å². The Hall–Kier alpha value is -1.63. The lowest BCUT2D eigenvalue weighted by Crippen LogP contribution is -2.54. The summed E-state index contributed by atoms with van der Waals surface area (Å²) < 4.78 is 4.59. The van der Waals surface area contributed by atoms with Gasteiger partial charge in [-0.2, -0.15) is 0 Å². The third-order valence-corrected chi connectivity index (χ3v) is 2.38. The quantitative estimate of drug-likeness (QED) is 0.575. The van der Waals surface area contributed by atoms with Gasteiger partial charge in [0.2, 0.25) is 11.8 Å². The summed E-state index contributed by atoms with van der Waals surface area (Å²) in [5.41, 5.74) is -0.327. The van der Waals surface area contributed by atoms with Crippen molar-refractivity contribution in [3.63, 3.8) is 0 Å². The zero-order chi connectivity index (χ0) is 15.9. The summed E-state index contributed by atoms with van der Waals surface area (Å²) in [4.78, 5) is 34.4. The molecule has 0 aliphatic heterocycles. The second kappa shape index (κ2) is 7.84. The standard InChI is InChI=1S/C13H25N3O4/c1-8(11(18)16-13(3,4)5)14-7-10(12(19)20-6)15-9(2)17/h8,10,14H,7H2,1-6H3,(H,15,17)(H,16,18). The van der Waals surface area contributed by atoms with Crippen LogP contribution in [0, 0.1) is 0 Å². The lowest BCUT2D eigenvalue weighted by atomic mass is 10.1. The lowest BCUT2D eigenvalue weighted by molar-refractivity contribution is -0.144. The van der Waals surface area contributed by atoms with Crippen molar-refractivity contribution in [3.8, 4) is 0 Å². The highest BCUT2D eigenvalue weighted by Gasteiger charge is 2.23. The second-order valence-electron chi connectivity index (χ2n) is 5.65. The molecule has 0 aromatic heterocycles. The van der Waals surface area contributed by atoms with Crippen LogP contribution in [-0.4, -0.2) is 49.1 Å². The number of esters is 1. The highest BCUT2D eigenvalue weighted by Crippen LogP contribution is 1.99. The molecule has 7 nitrogen and oxygen atoms in total. The Labute approximate surface area is 119 Å². The SMILES string of the molecule is COC(=O)C(CNC(C)C(=O)NC(C)(C)C)NC(C)=O. The summed E-state index contributed by atoms with van der Waals surface area (Å²) >= 11 is 0. The predicted molar refractivity (Wildman–Crippen MR) is 75.0 cm³/mol. The number of ether oxygens (including phenoxy) is 1. The fourth-order valence-electron chi connectivity index (χ4n) is 1.45. The molecule has 0 bridgehead atoms. The van der Waals surface area contributed by atoms with Gasteiger partial charge in [0, 0.05) is 19.0 Å². The van der Waals surface area contributed by atoms with Crippen molar-refractivity contribution < 1.29 is 19.1 Å². The van der Waals surface area contributed by atoms with Crippen LogP contribution in [0.25, 0.3) is 0 Å². The van der Waals surface area contributed by atoms with Crippen LogP contribution in [0.3, 0.4) is 0 Å². The maximum atomic E-state index is 11.9. The maximum absolute atomic E-state index is 11.9. The Kier molecular flexibility index (Phi) is 7.20. The van der Waals surface area contributed by atoms with E-state index in [-0.39, 0.29) is 23.9 Å². The molecule has 0 aromatic carbocycles. The molecule has 7 heteroatoms. The van der Waals surface area contributed by atoms with Crippen LogP contribution in [-0.2, 0) is 19.1 Å². The van der Waals surface area contributed by atoms with Crippen LogP contribution in [0.15, 0.2) is 0 Å². The van der Waals surface area contributed by atoms with Crippen molar-refractivity contribution in [2.75, 3.05) is 13.7 Å². The van der Waals surface area contributed by atoms with Gasteiger partial charge in [-0.25, -0.2) is 4.79 Å². The molecule has 2 unspecified atom stereocenters. The van der Waals surface area contributed by atoms with Gasteiger partial charge < -0.3 is 20.7 Å². The highest BCUT2D eigenvalue weighted by molar-refractivity contribution is 5.84. The van der Waals surface area contributed by atoms with Gasteiger partial charge in [0.1, 0.15) is 6.04 Å². The molecule has 116 valence electrons. The third kappa shape index (κ3) is 7.73. The van der Waals surface area contributed by atoms with Crippen molar-refractivity contribution in [1.82, 2.24) is 16.0 Å². The van der Waals surface area contributed by atoms with Crippen molar-refractivity contribution in [2.45, 2.75) is 52.2 Å². The molecule has 0 saturated carbocycles. The molecule has 2 atom stereocenters. The number of carbonyl (C=O) groups excluding carboxylic acids is 3. The van der Waals surface area contributed by atoms with E-state index < -0.39 is 18.1 Å². The number of carbonyl (C=O) groups is 3. The van der Waals surface area contributed by atoms with E-state index in [9.17, 15) is 14.4 Å². The van der Waals surface area contributed by atoms with Gasteiger partial charge in [0.15, 0.2) is 0 Å². The molecule has 0 fully saturated rings. The molecule has 0 rings (SSSR count). The van der Waals surface area contributed by atoms with E-state index in [2.05, 4.69) is 20.7 Å². The Balaban J connectivity index is 4.43. The van der Waals surface area contributed by atoms with Crippen molar-refractivity contribution in [3.05, 3.63) is 0 Å². The Bertz CT molecular complexity index is 363. The number of amides is 2. The number of hydrogen-bond acceptors (Lipinski definition) is 5. The summed E-state index contributed by atoms with van der Waals surface area (Å²) in [6, 6.07) is -1.31. The summed E-state index contributed by atoms with van der Waals surface area (Å²) in [6.07, 6.45) is 0. The van der Waals surface area contributed by atoms with E-state index in [0.29, 0.717) is 0 Å². The Morgan fingerprint density at radius 3 is 2.15 bits per heavy atom. The number of nitrogens with one attached hydrogen (secondary N) is 3. The Morgan fingerprint density at radius 2 is 1.75 bits per heavy atom. The van der Waals surface area contributed by atoms with E-state index >= 15 is 0 Å². The average Bonchev–Trinajstić information content (AvgIpc) is 2.30. The number of rotatable bonds is 6. The molecule has 0 aliphatic carbocycles. The molecule has 2 amide bonds. The smallest absolute Gasteiger partial charge is 0.329 e. The van der Waals surface area contributed by atoms with Crippen LogP contribution in [0.1, 0.15) is 34.6 Å². The fraction of sp³-hybridized carbons (Fsp3) is 0.769. The van der Waals surface area contributed by atoms with E-state index in [1.165, 1.54) is 14.0 Å². The number of hydrogen-bond donors (Lipinski definition) is 3. The zero-order valence-corrected chi connectivity index (χ0v) is 13.0. The predicted octanol–water partition coefficient (Wildman–Crippen LogP) is -0.443. The highest BCUT2D eigenvalue weighted by atomic mass is 16.5. The Morgan fingerprint density at radius 1 is 1.20 bits per heavy atom. The van der Waals surface area contributed by atoms with Gasteiger partial charge in [-0.05, 0) is 27.7 Å². The molecule has 0 aromatic rings. The van der Waals surface area contributed by atoms with Gasteiger partial charge in [-0.1, -0.05) is 0 Å². The van der Waals surface area contributed by atoms with Crippen molar-refractivity contribution in [1.29, 1.82) is 0 Å². The fourth-order valence-corrected chi connectivity index (χ4v) is 1.45. The normalized spacial score (nSPS) is 14.1. The molecular formula is C13H25N3O4. The molecule has 3 N–H and O–H groups in total. The minimum absolute atomic E-state index is 0.116. The van der Waals surface area contributed by atoms with Crippen LogP contribution >= 0.6 is 0 Å². The van der Waals surface area contributed by atoms with Crippen molar-refractivity contribution >= 4 is 17.8 Å². The molecule has 0 aliphatic rings. The molecule has 0 heterocycles. The maximum Gasteiger partial charge on any atom is 0.329 e. The van der Waals surface area contributed by atoms with Crippen LogP contribution in [0.2, 0.25) is 0 Å². The first kappa shape index (κ1) is 18.4. The molecule has 20 heavy (non-hydrogen) atoms. The first-order valence-electron chi connectivity index (χ1n) is 6.47. The van der Waals surface area contributed by atoms with E-state index in [1.807, 2.05) is 20.8 Å². The molecule has 0 radical (unpaired) electrons. The van der Waals surface area contributed by atoms with E-state index in [4.69, 9.17) is 0 Å². The van der Waals surface area contributed by atoms with Gasteiger partial charge in [-0.3, -0.25) is 9.59 Å². The minimum atomic E-state index is -0.817.